The Labute approximate surface area is 160 Å². The topological polar surface area (TPSA) is 48.0 Å². The second kappa shape index (κ2) is 10.1. The molecule has 0 aromatic heterocycles. The van der Waals surface area contributed by atoms with Gasteiger partial charge in [-0.3, -0.25) is 4.79 Å². The van der Waals surface area contributed by atoms with Gasteiger partial charge in [0.1, 0.15) is 12.4 Å². The predicted molar refractivity (Wildman–Crippen MR) is 104 cm³/mol. The van der Waals surface area contributed by atoms with Gasteiger partial charge in [-0.05, 0) is 42.7 Å². The molecule has 144 valence electrons. The Morgan fingerprint density at radius 2 is 1.93 bits per heavy atom. The van der Waals surface area contributed by atoms with E-state index in [0.29, 0.717) is 31.9 Å². The van der Waals surface area contributed by atoms with Gasteiger partial charge in [0.2, 0.25) is 0 Å². The van der Waals surface area contributed by atoms with Crippen molar-refractivity contribution < 1.29 is 19.0 Å². The van der Waals surface area contributed by atoms with Crippen LogP contribution in [0.2, 0.25) is 0 Å². The molecule has 1 atom stereocenters. The SMILES string of the molecule is COCCN(Cc1ccccc1)C(=O)c1ccc(OCC2CCCO2)cc1. The fourth-order valence-corrected chi connectivity index (χ4v) is 3.10. The zero-order chi connectivity index (χ0) is 18.9. The lowest BCUT2D eigenvalue weighted by atomic mass is 10.1. The average molecular weight is 369 g/mol. The van der Waals surface area contributed by atoms with Gasteiger partial charge in [0.05, 0.1) is 12.7 Å². The van der Waals surface area contributed by atoms with Crippen LogP contribution in [0.1, 0.15) is 28.8 Å². The molecule has 0 N–H and O–H groups in total. The van der Waals surface area contributed by atoms with Crippen molar-refractivity contribution >= 4 is 5.91 Å². The van der Waals surface area contributed by atoms with E-state index in [4.69, 9.17) is 14.2 Å². The summed E-state index contributed by atoms with van der Waals surface area (Å²) < 4.78 is 16.5. The Morgan fingerprint density at radius 3 is 2.59 bits per heavy atom. The van der Waals surface area contributed by atoms with Crippen LogP contribution in [0, 0.1) is 0 Å². The molecular formula is C22H27NO4. The lowest BCUT2D eigenvalue weighted by molar-refractivity contribution is 0.0671. The minimum absolute atomic E-state index is 0.0124. The lowest BCUT2D eigenvalue weighted by Gasteiger charge is -2.23. The molecule has 1 saturated heterocycles. The number of carbonyl (C=O) groups excluding carboxylic acids is 1. The zero-order valence-corrected chi connectivity index (χ0v) is 15.8. The molecule has 1 aliphatic heterocycles. The van der Waals surface area contributed by atoms with Crippen LogP contribution >= 0.6 is 0 Å². The summed E-state index contributed by atoms with van der Waals surface area (Å²) in [6.07, 6.45) is 2.33. The lowest BCUT2D eigenvalue weighted by Crippen LogP contribution is -2.33. The van der Waals surface area contributed by atoms with Crippen LogP contribution in [0.4, 0.5) is 0 Å². The number of hydrogen-bond donors (Lipinski definition) is 0. The smallest absolute Gasteiger partial charge is 0.254 e. The molecule has 5 nitrogen and oxygen atoms in total. The Kier molecular flexibility index (Phi) is 7.25. The molecule has 0 bridgehead atoms. The fraction of sp³-hybridized carbons (Fsp3) is 0.409. The highest BCUT2D eigenvalue weighted by molar-refractivity contribution is 5.94. The van der Waals surface area contributed by atoms with E-state index in [1.807, 2.05) is 54.6 Å². The first-order chi connectivity index (χ1) is 13.3. The van der Waals surface area contributed by atoms with Gasteiger partial charge in [-0.15, -0.1) is 0 Å². The van der Waals surface area contributed by atoms with Gasteiger partial charge >= 0.3 is 0 Å². The van der Waals surface area contributed by atoms with Gasteiger partial charge < -0.3 is 19.1 Å². The van der Waals surface area contributed by atoms with E-state index in [1.54, 1.807) is 12.0 Å². The summed E-state index contributed by atoms with van der Waals surface area (Å²) in [5.41, 5.74) is 1.74. The van der Waals surface area contributed by atoms with Crippen molar-refractivity contribution in [2.75, 3.05) is 33.5 Å². The highest BCUT2D eigenvalue weighted by Gasteiger charge is 2.18. The molecule has 1 aliphatic rings. The number of ether oxygens (including phenoxy) is 3. The minimum Gasteiger partial charge on any atom is -0.491 e. The standard InChI is InChI=1S/C22H27NO4/c1-25-15-13-23(16-18-6-3-2-4-7-18)22(24)19-9-11-20(12-10-19)27-17-21-8-5-14-26-21/h2-4,6-7,9-12,21H,5,8,13-17H2,1H3. The monoisotopic (exact) mass is 369 g/mol. The van der Waals surface area contributed by atoms with Crippen LogP contribution in [-0.4, -0.2) is 50.4 Å². The highest BCUT2D eigenvalue weighted by Crippen LogP contribution is 2.18. The minimum atomic E-state index is -0.0124. The normalized spacial score (nSPS) is 16.3. The molecule has 0 spiro atoms. The third-order valence-electron chi connectivity index (χ3n) is 4.63. The maximum absolute atomic E-state index is 12.9. The number of carbonyl (C=O) groups is 1. The first-order valence-electron chi connectivity index (χ1n) is 9.43. The van der Waals surface area contributed by atoms with E-state index >= 15 is 0 Å². The van der Waals surface area contributed by atoms with Crippen LogP contribution < -0.4 is 4.74 Å². The number of benzene rings is 2. The van der Waals surface area contributed by atoms with Crippen LogP contribution in [0.5, 0.6) is 5.75 Å². The first-order valence-corrected chi connectivity index (χ1v) is 9.43. The molecule has 1 unspecified atom stereocenters. The van der Waals surface area contributed by atoms with Crippen molar-refractivity contribution in [2.24, 2.45) is 0 Å². The summed E-state index contributed by atoms with van der Waals surface area (Å²) in [6.45, 7) is 2.98. The third kappa shape index (κ3) is 5.81. The van der Waals surface area contributed by atoms with Crippen molar-refractivity contribution in [2.45, 2.75) is 25.5 Å². The molecular weight excluding hydrogens is 342 g/mol. The molecule has 2 aromatic rings. The molecule has 3 rings (SSSR count). The van der Waals surface area contributed by atoms with Gasteiger partial charge in [0.15, 0.2) is 0 Å². The third-order valence-corrected chi connectivity index (χ3v) is 4.63. The molecule has 0 radical (unpaired) electrons. The number of methoxy groups -OCH3 is 1. The number of nitrogens with zero attached hydrogens (tertiary/aromatic N) is 1. The second-order valence-corrected chi connectivity index (χ2v) is 6.68. The van der Waals surface area contributed by atoms with Gasteiger partial charge in [-0.1, -0.05) is 30.3 Å². The molecule has 1 heterocycles. The van der Waals surface area contributed by atoms with Crippen molar-refractivity contribution in [3.05, 3.63) is 65.7 Å². The van der Waals surface area contributed by atoms with Gasteiger partial charge in [-0.2, -0.15) is 0 Å². The maximum atomic E-state index is 12.9. The number of amides is 1. The Morgan fingerprint density at radius 1 is 1.15 bits per heavy atom. The van der Waals surface area contributed by atoms with Gasteiger partial charge in [0, 0.05) is 32.4 Å². The van der Waals surface area contributed by atoms with Gasteiger partial charge in [0.25, 0.3) is 5.91 Å². The summed E-state index contributed by atoms with van der Waals surface area (Å²) in [4.78, 5) is 14.7. The van der Waals surface area contributed by atoms with E-state index in [-0.39, 0.29) is 12.0 Å². The summed E-state index contributed by atoms with van der Waals surface area (Å²) in [7, 11) is 1.64. The highest BCUT2D eigenvalue weighted by atomic mass is 16.5. The molecule has 1 amide bonds. The maximum Gasteiger partial charge on any atom is 0.254 e. The van der Waals surface area contributed by atoms with Crippen molar-refractivity contribution in [1.29, 1.82) is 0 Å². The Balaban J connectivity index is 1.61. The molecule has 0 aliphatic carbocycles. The molecule has 27 heavy (non-hydrogen) atoms. The predicted octanol–water partition coefficient (Wildman–Crippen LogP) is 3.53. The van der Waals surface area contributed by atoms with Crippen molar-refractivity contribution in [3.63, 3.8) is 0 Å². The molecule has 0 saturated carbocycles. The number of rotatable bonds is 9. The van der Waals surface area contributed by atoms with E-state index in [0.717, 1.165) is 30.8 Å². The van der Waals surface area contributed by atoms with E-state index in [2.05, 4.69) is 0 Å². The average Bonchev–Trinajstić information content (AvgIpc) is 3.24. The summed E-state index contributed by atoms with van der Waals surface area (Å²) in [6, 6.07) is 17.3. The second-order valence-electron chi connectivity index (χ2n) is 6.68. The van der Waals surface area contributed by atoms with Crippen LogP contribution in [-0.2, 0) is 16.0 Å². The van der Waals surface area contributed by atoms with Crippen LogP contribution in [0.3, 0.4) is 0 Å². The molecule has 1 fully saturated rings. The van der Waals surface area contributed by atoms with E-state index < -0.39 is 0 Å². The summed E-state index contributed by atoms with van der Waals surface area (Å²) >= 11 is 0. The molecule has 5 heteroatoms. The summed E-state index contributed by atoms with van der Waals surface area (Å²) in [5, 5.41) is 0. The van der Waals surface area contributed by atoms with E-state index in [1.165, 1.54) is 0 Å². The van der Waals surface area contributed by atoms with Crippen LogP contribution in [0.25, 0.3) is 0 Å². The molecule has 2 aromatic carbocycles. The number of hydrogen-bond acceptors (Lipinski definition) is 4. The van der Waals surface area contributed by atoms with Gasteiger partial charge in [-0.25, -0.2) is 0 Å². The quantitative estimate of drug-likeness (QED) is 0.678. The Hall–Kier alpha value is -2.37. The van der Waals surface area contributed by atoms with Crippen molar-refractivity contribution in [1.82, 2.24) is 4.90 Å². The first kappa shape index (κ1) is 19.4. The van der Waals surface area contributed by atoms with E-state index in [9.17, 15) is 4.79 Å². The van der Waals surface area contributed by atoms with Crippen molar-refractivity contribution in [3.8, 4) is 5.75 Å². The zero-order valence-electron chi connectivity index (χ0n) is 15.8. The fourth-order valence-electron chi connectivity index (χ4n) is 3.10. The largest absolute Gasteiger partial charge is 0.491 e. The summed E-state index contributed by atoms with van der Waals surface area (Å²) in [5.74, 6) is 0.745. The Bertz CT molecular complexity index is 696. The van der Waals surface area contributed by atoms with Crippen LogP contribution in [0.15, 0.2) is 54.6 Å².